The second kappa shape index (κ2) is 3.57. The summed E-state index contributed by atoms with van der Waals surface area (Å²) in [6.45, 7) is 1.91. The van der Waals surface area contributed by atoms with Crippen molar-refractivity contribution in [2.24, 2.45) is 0 Å². The minimum Gasteiger partial charge on any atom is -0.486 e. The molecule has 1 aliphatic rings. The first-order chi connectivity index (χ1) is 6.34. The van der Waals surface area contributed by atoms with Gasteiger partial charge in [-0.05, 0) is 13.0 Å². The number of aromatic nitrogens is 2. The summed E-state index contributed by atoms with van der Waals surface area (Å²) in [5.74, 6) is 0.958. The van der Waals surface area contributed by atoms with E-state index in [1.165, 1.54) is 0 Å². The van der Waals surface area contributed by atoms with Crippen molar-refractivity contribution in [2.75, 3.05) is 18.8 Å². The quantitative estimate of drug-likeness (QED) is 0.659. The number of nitrogens with two attached hydrogens (primary N) is 1. The van der Waals surface area contributed by atoms with Crippen LogP contribution in [0.3, 0.4) is 0 Å². The van der Waals surface area contributed by atoms with Crippen LogP contribution in [-0.4, -0.2) is 29.2 Å². The van der Waals surface area contributed by atoms with E-state index in [0.717, 1.165) is 19.5 Å². The van der Waals surface area contributed by atoms with Gasteiger partial charge in [-0.2, -0.15) is 0 Å². The van der Waals surface area contributed by atoms with Crippen molar-refractivity contribution in [2.45, 2.75) is 12.5 Å². The molecule has 0 aromatic carbocycles. The number of hydrogen-bond acceptors (Lipinski definition) is 5. The lowest BCUT2D eigenvalue weighted by molar-refractivity contribution is 0.221. The van der Waals surface area contributed by atoms with Gasteiger partial charge in [0, 0.05) is 6.54 Å². The second-order valence-electron chi connectivity index (χ2n) is 3.01. The molecule has 1 aromatic rings. The molecule has 70 valence electrons. The molecule has 1 atom stereocenters. The molecule has 5 heteroatoms. The summed E-state index contributed by atoms with van der Waals surface area (Å²) in [5.41, 5.74) is 5.34. The Kier molecular flexibility index (Phi) is 2.27. The molecule has 1 aromatic heterocycles. The van der Waals surface area contributed by atoms with Crippen LogP contribution in [0, 0.1) is 0 Å². The highest BCUT2D eigenvalue weighted by Gasteiger charge is 2.15. The largest absolute Gasteiger partial charge is 0.486 e. The Morgan fingerprint density at radius 2 is 2.23 bits per heavy atom. The fourth-order valence-electron chi connectivity index (χ4n) is 1.31. The molecule has 1 fully saturated rings. The van der Waals surface area contributed by atoms with E-state index >= 15 is 0 Å². The lowest BCUT2D eigenvalue weighted by atomic mass is 10.3. The lowest BCUT2D eigenvalue weighted by Gasteiger charge is -2.10. The molecule has 5 nitrogen and oxygen atoms in total. The van der Waals surface area contributed by atoms with E-state index in [4.69, 9.17) is 10.5 Å². The minimum atomic E-state index is 0.243. The zero-order chi connectivity index (χ0) is 9.10. The fourth-order valence-corrected chi connectivity index (χ4v) is 1.31. The van der Waals surface area contributed by atoms with Crippen molar-refractivity contribution in [1.82, 2.24) is 15.3 Å². The SMILES string of the molecule is Nc1ncc(OC2CCNC2)cn1. The minimum absolute atomic E-state index is 0.243. The molecule has 0 bridgehead atoms. The van der Waals surface area contributed by atoms with Gasteiger partial charge in [-0.15, -0.1) is 0 Å². The van der Waals surface area contributed by atoms with Crippen LogP contribution in [-0.2, 0) is 0 Å². The van der Waals surface area contributed by atoms with Crippen LogP contribution in [0.15, 0.2) is 12.4 Å². The molecular formula is C8H12N4O. The first-order valence-electron chi connectivity index (χ1n) is 4.29. The van der Waals surface area contributed by atoms with Gasteiger partial charge in [-0.3, -0.25) is 0 Å². The van der Waals surface area contributed by atoms with Gasteiger partial charge >= 0.3 is 0 Å². The van der Waals surface area contributed by atoms with Gasteiger partial charge in [0.05, 0.1) is 12.4 Å². The molecule has 13 heavy (non-hydrogen) atoms. The number of anilines is 1. The third-order valence-electron chi connectivity index (χ3n) is 1.97. The van der Waals surface area contributed by atoms with Gasteiger partial charge < -0.3 is 15.8 Å². The summed E-state index contributed by atoms with van der Waals surface area (Å²) >= 11 is 0. The highest BCUT2D eigenvalue weighted by Crippen LogP contribution is 2.12. The average molecular weight is 180 g/mol. The Morgan fingerprint density at radius 1 is 1.46 bits per heavy atom. The number of ether oxygens (including phenoxy) is 1. The monoisotopic (exact) mass is 180 g/mol. The van der Waals surface area contributed by atoms with Crippen molar-refractivity contribution >= 4 is 5.95 Å². The maximum Gasteiger partial charge on any atom is 0.220 e. The Balaban J connectivity index is 1.97. The first kappa shape index (κ1) is 8.25. The van der Waals surface area contributed by atoms with Crippen molar-refractivity contribution in [1.29, 1.82) is 0 Å². The Morgan fingerprint density at radius 3 is 2.85 bits per heavy atom. The van der Waals surface area contributed by atoms with E-state index in [-0.39, 0.29) is 12.1 Å². The summed E-state index contributed by atoms with van der Waals surface area (Å²) in [5, 5.41) is 3.21. The molecule has 1 unspecified atom stereocenters. The Bertz CT molecular complexity index is 268. The molecule has 0 saturated carbocycles. The van der Waals surface area contributed by atoms with Gasteiger partial charge in [-0.25, -0.2) is 9.97 Å². The number of hydrogen-bond donors (Lipinski definition) is 2. The molecule has 1 aliphatic heterocycles. The maximum absolute atomic E-state index is 5.59. The Labute approximate surface area is 76.3 Å². The van der Waals surface area contributed by atoms with Crippen LogP contribution in [0.2, 0.25) is 0 Å². The molecular weight excluding hydrogens is 168 g/mol. The van der Waals surface area contributed by atoms with Gasteiger partial charge in [0.1, 0.15) is 6.10 Å². The fraction of sp³-hybridized carbons (Fsp3) is 0.500. The highest BCUT2D eigenvalue weighted by molar-refractivity contribution is 5.21. The molecule has 0 amide bonds. The van der Waals surface area contributed by atoms with E-state index < -0.39 is 0 Å². The van der Waals surface area contributed by atoms with Crippen molar-refractivity contribution in [3.63, 3.8) is 0 Å². The lowest BCUT2D eigenvalue weighted by Crippen LogP contribution is -2.19. The van der Waals surface area contributed by atoms with E-state index in [1.807, 2.05) is 0 Å². The van der Waals surface area contributed by atoms with Gasteiger partial charge in [-0.1, -0.05) is 0 Å². The molecule has 0 spiro atoms. The number of nitrogens with zero attached hydrogens (tertiary/aromatic N) is 2. The van der Waals surface area contributed by atoms with E-state index in [0.29, 0.717) is 5.75 Å². The Hall–Kier alpha value is -1.36. The third kappa shape index (κ3) is 2.06. The number of nitrogen functional groups attached to an aromatic ring is 1. The predicted molar refractivity (Wildman–Crippen MR) is 48.3 cm³/mol. The van der Waals surface area contributed by atoms with Crippen LogP contribution in [0.4, 0.5) is 5.95 Å². The van der Waals surface area contributed by atoms with E-state index in [1.54, 1.807) is 12.4 Å². The average Bonchev–Trinajstić information content (AvgIpc) is 2.62. The zero-order valence-electron chi connectivity index (χ0n) is 7.23. The summed E-state index contributed by atoms with van der Waals surface area (Å²) in [4.78, 5) is 7.68. The summed E-state index contributed by atoms with van der Waals surface area (Å²) in [7, 11) is 0. The van der Waals surface area contributed by atoms with Crippen molar-refractivity contribution in [3.8, 4) is 5.75 Å². The molecule has 3 N–H and O–H groups in total. The molecule has 2 rings (SSSR count). The van der Waals surface area contributed by atoms with Gasteiger partial charge in [0.2, 0.25) is 5.95 Å². The van der Waals surface area contributed by atoms with Crippen molar-refractivity contribution < 1.29 is 4.74 Å². The molecule has 1 saturated heterocycles. The van der Waals surface area contributed by atoms with Crippen LogP contribution >= 0.6 is 0 Å². The number of nitrogens with one attached hydrogen (secondary N) is 1. The topological polar surface area (TPSA) is 73.1 Å². The zero-order valence-corrected chi connectivity index (χ0v) is 7.23. The van der Waals surface area contributed by atoms with Crippen molar-refractivity contribution in [3.05, 3.63) is 12.4 Å². The molecule has 0 aliphatic carbocycles. The smallest absolute Gasteiger partial charge is 0.220 e. The van der Waals surface area contributed by atoms with Crippen LogP contribution in [0.1, 0.15) is 6.42 Å². The summed E-state index contributed by atoms with van der Waals surface area (Å²) in [6.07, 6.45) is 4.47. The maximum atomic E-state index is 5.59. The van der Waals surface area contributed by atoms with Crippen LogP contribution in [0.5, 0.6) is 5.75 Å². The van der Waals surface area contributed by atoms with E-state index in [2.05, 4.69) is 15.3 Å². The van der Waals surface area contributed by atoms with E-state index in [9.17, 15) is 0 Å². The van der Waals surface area contributed by atoms with Gasteiger partial charge in [0.25, 0.3) is 0 Å². The van der Waals surface area contributed by atoms with Crippen LogP contribution in [0.25, 0.3) is 0 Å². The third-order valence-corrected chi connectivity index (χ3v) is 1.97. The summed E-state index contributed by atoms with van der Waals surface area (Å²) in [6, 6.07) is 0. The standard InChI is InChI=1S/C8H12N4O/c9-8-11-4-7(5-12-8)13-6-1-2-10-3-6/h4-6,10H,1-3H2,(H2,9,11,12). The first-order valence-corrected chi connectivity index (χ1v) is 4.29. The molecule has 0 radical (unpaired) electrons. The summed E-state index contributed by atoms with van der Waals surface area (Å²) < 4.78 is 5.59. The number of rotatable bonds is 2. The second-order valence-corrected chi connectivity index (χ2v) is 3.01. The normalized spacial score (nSPS) is 21.7. The van der Waals surface area contributed by atoms with Crippen LogP contribution < -0.4 is 15.8 Å². The molecule has 2 heterocycles. The highest BCUT2D eigenvalue weighted by atomic mass is 16.5. The van der Waals surface area contributed by atoms with Gasteiger partial charge in [0.15, 0.2) is 5.75 Å². The predicted octanol–water partition coefficient (Wildman–Crippen LogP) is -0.201.